The molecule has 1 aliphatic rings. The van der Waals surface area contributed by atoms with Crippen LogP contribution in [0.1, 0.15) is 36.7 Å². The number of halogens is 3. The van der Waals surface area contributed by atoms with Gasteiger partial charge in [0.15, 0.2) is 18.1 Å². The molecule has 1 amide bonds. The molecule has 4 nitrogen and oxygen atoms in total. The minimum atomic E-state index is -4.46. The molecular formula is C16H21F3N2O2S. The van der Waals surface area contributed by atoms with Crippen molar-refractivity contribution in [3.8, 4) is 5.75 Å². The van der Waals surface area contributed by atoms with Gasteiger partial charge in [-0.1, -0.05) is 6.92 Å². The van der Waals surface area contributed by atoms with E-state index in [1.807, 2.05) is 11.8 Å². The van der Waals surface area contributed by atoms with Crippen LogP contribution >= 0.6 is 11.8 Å². The first-order chi connectivity index (χ1) is 11.3. The van der Waals surface area contributed by atoms with E-state index in [1.165, 1.54) is 18.3 Å². The average Bonchev–Trinajstić information content (AvgIpc) is 3.00. The largest absolute Gasteiger partial charge is 0.482 e. The molecule has 2 rings (SSSR count). The van der Waals surface area contributed by atoms with Crippen molar-refractivity contribution in [1.82, 2.24) is 9.88 Å². The van der Waals surface area contributed by atoms with E-state index in [0.29, 0.717) is 5.25 Å². The van der Waals surface area contributed by atoms with Crippen LogP contribution in [-0.4, -0.2) is 52.7 Å². The van der Waals surface area contributed by atoms with Gasteiger partial charge in [-0.15, -0.1) is 0 Å². The molecule has 24 heavy (non-hydrogen) atoms. The first-order valence-electron chi connectivity index (χ1n) is 7.85. The van der Waals surface area contributed by atoms with E-state index in [-0.39, 0.29) is 17.5 Å². The van der Waals surface area contributed by atoms with Crippen molar-refractivity contribution in [3.63, 3.8) is 0 Å². The third kappa shape index (κ3) is 5.03. The van der Waals surface area contributed by atoms with Gasteiger partial charge in [-0.3, -0.25) is 4.79 Å². The van der Waals surface area contributed by atoms with Gasteiger partial charge >= 0.3 is 6.18 Å². The first-order valence-corrected chi connectivity index (χ1v) is 8.90. The fraction of sp³-hybridized carbons (Fsp3) is 0.625. The summed E-state index contributed by atoms with van der Waals surface area (Å²) in [5, 5.41) is 0.528. The normalized spacial score (nSPS) is 20.9. The van der Waals surface area contributed by atoms with Crippen LogP contribution in [0.3, 0.4) is 0 Å². The van der Waals surface area contributed by atoms with Crippen molar-refractivity contribution in [2.45, 2.75) is 43.7 Å². The topological polar surface area (TPSA) is 42.4 Å². The zero-order valence-corrected chi connectivity index (χ0v) is 14.5. The van der Waals surface area contributed by atoms with E-state index < -0.39 is 18.7 Å². The van der Waals surface area contributed by atoms with E-state index in [0.717, 1.165) is 25.0 Å². The fourth-order valence-corrected chi connectivity index (χ4v) is 3.95. The number of pyridine rings is 1. The van der Waals surface area contributed by atoms with E-state index in [1.54, 1.807) is 11.9 Å². The van der Waals surface area contributed by atoms with E-state index in [9.17, 15) is 18.0 Å². The summed E-state index contributed by atoms with van der Waals surface area (Å²) < 4.78 is 41.8. The minimum Gasteiger partial charge on any atom is -0.482 e. The van der Waals surface area contributed by atoms with Gasteiger partial charge in [0.2, 0.25) is 0 Å². The smallest absolute Gasteiger partial charge is 0.422 e. The molecule has 0 radical (unpaired) electrons. The second-order valence-electron chi connectivity index (χ2n) is 5.71. The average molecular weight is 362 g/mol. The molecule has 1 heterocycles. The van der Waals surface area contributed by atoms with Crippen molar-refractivity contribution in [2.75, 3.05) is 19.4 Å². The molecule has 1 aromatic rings. The lowest BCUT2D eigenvalue weighted by Crippen LogP contribution is -2.36. The van der Waals surface area contributed by atoms with Gasteiger partial charge in [-0.2, -0.15) is 24.9 Å². The van der Waals surface area contributed by atoms with Crippen LogP contribution in [0, 0.1) is 0 Å². The molecule has 1 aliphatic carbocycles. The van der Waals surface area contributed by atoms with Crippen molar-refractivity contribution in [2.24, 2.45) is 0 Å². The highest BCUT2D eigenvalue weighted by atomic mass is 32.2. The van der Waals surface area contributed by atoms with Gasteiger partial charge < -0.3 is 9.64 Å². The first kappa shape index (κ1) is 18.9. The number of alkyl halides is 3. The quantitative estimate of drug-likeness (QED) is 0.773. The summed E-state index contributed by atoms with van der Waals surface area (Å²) in [6.45, 7) is 0.659. The Bertz CT molecular complexity index is 568. The molecule has 2 unspecified atom stereocenters. The van der Waals surface area contributed by atoms with E-state index in [4.69, 9.17) is 4.74 Å². The molecule has 0 bridgehead atoms. The number of thioether (sulfide) groups is 1. The Morgan fingerprint density at radius 1 is 1.46 bits per heavy atom. The highest BCUT2D eigenvalue weighted by Gasteiger charge is 2.33. The van der Waals surface area contributed by atoms with Crippen LogP contribution in [0.4, 0.5) is 13.2 Å². The maximum atomic E-state index is 12.6. The van der Waals surface area contributed by atoms with Crippen LogP contribution in [0.2, 0.25) is 0 Å². The van der Waals surface area contributed by atoms with Gasteiger partial charge in [0.25, 0.3) is 5.91 Å². The monoisotopic (exact) mass is 362 g/mol. The molecule has 2 atom stereocenters. The number of rotatable bonds is 6. The summed E-state index contributed by atoms with van der Waals surface area (Å²) in [5.41, 5.74) is -0.0733. The highest BCUT2D eigenvalue weighted by molar-refractivity contribution is 7.99. The number of hydrogen-bond donors (Lipinski definition) is 0. The van der Waals surface area contributed by atoms with Gasteiger partial charge in [-0.25, -0.2) is 4.98 Å². The summed E-state index contributed by atoms with van der Waals surface area (Å²) in [6.07, 6.45) is -0.248. The van der Waals surface area contributed by atoms with Crippen LogP contribution in [-0.2, 0) is 0 Å². The molecule has 0 spiro atoms. The predicted octanol–water partition coefficient (Wildman–Crippen LogP) is 3.77. The Balaban J connectivity index is 2.06. The molecule has 1 fully saturated rings. The molecule has 8 heteroatoms. The molecular weight excluding hydrogens is 341 g/mol. The summed E-state index contributed by atoms with van der Waals surface area (Å²) in [6, 6.07) is 2.87. The summed E-state index contributed by atoms with van der Waals surface area (Å²) in [7, 11) is 1.67. The lowest BCUT2D eigenvalue weighted by atomic mass is 10.2. The standard InChI is InChI=1S/C16H21F3N2O2S/c1-3-24-12-7-6-11(9-12)21(2)15(22)14-13(5-4-8-20-14)23-10-16(17,18)19/h4-5,8,11-12H,3,6-7,9-10H2,1-2H3. The Morgan fingerprint density at radius 3 is 2.88 bits per heavy atom. The summed E-state index contributed by atoms with van der Waals surface area (Å²) in [4.78, 5) is 18.2. The maximum Gasteiger partial charge on any atom is 0.422 e. The highest BCUT2D eigenvalue weighted by Crippen LogP contribution is 2.33. The Hall–Kier alpha value is -1.44. The van der Waals surface area contributed by atoms with Gasteiger partial charge in [-0.05, 0) is 37.1 Å². The molecule has 0 aliphatic heterocycles. The molecule has 1 aromatic heterocycles. The fourth-order valence-electron chi connectivity index (χ4n) is 2.82. The van der Waals surface area contributed by atoms with Crippen LogP contribution in [0.5, 0.6) is 5.75 Å². The second-order valence-corrected chi connectivity index (χ2v) is 7.29. The number of carbonyl (C=O) groups is 1. The number of carbonyl (C=O) groups excluding carboxylic acids is 1. The Morgan fingerprint density at radius 2 is 2.21 bits per heavy atom. The Kier molecular flexibility index (Phi) is 6.37. The molecule has 0 aromatic carbocycles. The number of ether oxygens (including phenoxy) is 1. The molecule has 0 saturated heterocycles. The zero-order chi connectivity index (χ0) is 17.7. The second kappa shape index (κ2) is 8.09. The molecule has 1 saturated carbocycles. The summed E-state index contributed by atoms with van der Waals surface area (Å²) in [5.74, 6) is 0.495. The van der Waals surface area contributed by atoms with Crippen LogP contribution in [0.15, 0.2) is 18.3 Å². The van der Waals surface area contributed by atoms with Gasteiger partial charge in [0, 0.05) is 24.5 Å². The minimum absolute atomic E-state index is 0.0733. The Labute approximate surface area is 143 Å². The van der Waals surface area contributed by atoms with Crippen molar-refractivity contribution < 1.29 is 22.7 Å². The third-order valence-corrected chi connectivity index (χ3v) is 5.22. The lowest BCUT2D eigenvalue weighted by molar-refractivity contribution is -0.153. The van der Waals surface area contributed by atoms with Crippen molar-refractivity contribution in [1.29, 1.82) is 0 Å². The third-order valence-electron chi connectivity index (χ3n) is 3.99. The van der Waals surface area contributed by atoms with Crippen LogP contribution < -0.4 is 4.74 Å². The lowest BCUT2D eigenvalue weighted by Gasteiger charge is -2.25. The van der Waals surface area contributed by atoms with Crippen molar-refractivity contribution in [3.05, 3.63) is 24.0 Å². The van der Waals surface area contributed by atoms with Crippen molar-refractivity contribution >= 4 is 17.7 Å². The molecule has 0 N–H and O–H groups in total. The summed E-state index contributed by atoms with van der Waals surface area (Å²) >= 11 is 1.88. The number of nitrogens with zero attached hydrogens (tertiary/aromatic N) is 2. The van der Waals surface area contributed by atoms with E-state index in [2.05, 4.69) is 11.9 Å². The SMILES string of the molecule is CCSC1CCC(N(C)C(=O)c2ncccc2OCC(F)(F)F)C1. The number of hydrogen-bond acceptors (Lipinski definition) is 4. The predicted molar refractivity (Wildman–Crippen MR) is 87.4 cm³/mol. The maximum absolute atomic E-state index is 12.6. The number of amides is 1. The van der Waals surface area contributed by atoms with Crippen LogP contribution in [0.25, 0.3) is 0 Å². The number of aromatic nitrogens is 1. The van der Waals surface area contributed by atoms with E-state index >= 15 is 0 Å². The van der Waals surface area contributed by atoms with Gasteiger partial charge in [0.1, 0.15) is 0 Å². The zero-order valence-electron chi connectivity index (χ0n) is 13.7. The molecule has 134 valence electrons. The van der Waals surface area contributed by atoms with Gasteiger partial charge in [0.05, 0.1) is 0 Å².